The van der Waals surface area contributed by atoms with E-state index in [-0.39, 0.29) is 0 Å². The molecule has 2 N–H and O–H groups in total. The zero-order valence-electron chi connectivity index (χ0n) is 12.3. The van der Waals surface area contributed by atoms with E-state index in [9.17, 15) is 4.79 Å². The molecule has 1 rings (SSSR count). The van der Waals surface area contributed by atoms with Crippen molar-refractivity contribution in [2.24, 2.45) is 10.9 Å². The molecule has 1 saturated heterocycles. The van der Waals surface area contributed by atoms with E-state index in [1.54, 1.807) is 7.05 Å². The summed E-state index contributed by atoms with van der Waals surface area (Å²) in [4.78, 5) is 14.5. The van der Waals surface area contributed by atoms with Gasteiger partial charge in [0.2, 0.25) is 0 Å². The summed E-state index contributed by atoms with van der Waals surface area (Å²) in [7, 11) is 1.76. The number of guanidine groups is 1. The van der Waals surface area contributed by atoms with Crippen molar-refractivity contribution >= 4 is 11.7 Å². The van der Waals surface area contributed by atoms with Gasteiger partial charge in [-0.05, 0) is 5.92 Å². The van der Waals surface area contributed by atoms with E-state index in [1.807, 2.05) is 20.8 Å². The van der Waals surface area contributed by atoms with Gasteiger partial charge in [-0.3, -0.25) is 9.79 Å². The molecule has 4 nitrogen and oxygen atoms in total. The Hall–Kier alpha value is -1.06. The highest BCUT2D eigenvalue weighted by Crippen LogP contribution is 2.01. The Kier molecular flexibility index (Phi) is 14.0. The van der Waals surface area contributed by atoms with Crippen LogP contribution in [0.25, 0.3) is 0 Å². The van der Waals surface area contributed by atoms with Crippen molar-refractivity contribution in [2.45, 2.75) is 47.5 Å². The second kappa shape index (κ2) is 13.0. The lowest BCUT2D eigenvalue weighted by Gasteiger charge is -1.98. The first-order valence-electron chi connectivity index (χ1n) is 6.56. The van der Waals surface area contributed by atoms with Gasteiger partial charge in [-0.1, -0.05) is 34.6 Å². The number of Topliss-reactive ketones (excluding diaryl/α,β-unsaturated/α-hetero) is 1. The highest BCUT2D eigenvalue weighted by Gasteiger charge is 2.00. The van der Waals surface area contributed by atoms with Crippen molar-refractivity contribution in [3.05, 3.63) is 0 Å². The first-order valence-corrected chi connectivity index (χ1v) is 6.56. The number of carbonyl (C=O) groups is 1. The van der Waals surface area contributed by atoms with Crippen molar-refractivity contribution in [2.75, 3.05) is 20.1 Å². The monoisotopic (exact) mass is 243 g/mol. The molecule has 4 heteroatoms. The fraction of sp³-hybridized carbons (Fsp3) is 0.846. The number of aliphatic imine (C=N–C) groups is 1. The Morgan fingerprint density at radius 2 is 1.76 bits per heavy atom. The molecular formula is C13H29N3O. The lowest BCUT2D eigenvalue weighted by molar-refractivity contribution is -0.119. The van der Waals surface area contributed by atoms with Gasteiger partial charge in [-0.2, -0.15) is 0 Å². The molecule has 0 spiro atoms. The molecule has 0 aliphatic carbocycles. The minimum atomic E-state index is 0.375. The van der Waals surface area contributed by atoms with Crippen LogP contribution in [0.5, 0.6) is 0 Å². The van der Waals surface area contributed by atoms with Crippen molar-refractivity contribution in [3.8, 4) is 0 Å². The maximum Gasteiger partial charge on any atom is 0.191 e. The van der Waals surface area contributed by atoms with Crippen LogP contribution in [0.1, 0.15) is 47.5 Å². The third-order valence-corrected chi connectivity index (χ3v) is 1.96. The number of nitrogens with zero attached hydrogens (tertiary/aromatic N) is 1. The van der Waals surface area contributed by atoms with Crippen LogP contribution in [-0.2, 0) is 4.79 Å². The predicted octanol–water partition coefficient (Wildman–Crippen LogP) is 2.20. The van der Waals surface area contributed by atoms with Crippen LogP contribution < -0.4 is 10.6 Å². The summed E-state index contributed by atoms with van der Waals surface area (Å²) in [6, 6.07) is 0. The SMILES string of the molecule is CC.CCC(=O)CC(C)C.CN=C1NCCN1. The van der Waals surface area contributed by atoms with Crippen molar-refractivity contribution in [3.63, 3.8) is 0 Å². The average Bonchev–Trinajstić information content (AvgIpc) is 2.84. The zero-order chi connectivity index (χ0) is 13.7. The lowest BCUT2D eigenvalue weighted by atomic mass is 10.1. The molecule has 17 heavy (non-hydrogen) atoms. The molecule has 0 radical (unpaired) electrons. The fourth-order valence-electron chi connectivity index (χ4n) is 1.18. The molecule has 0 aromatic carbocycles. The second-order valence-electron chi connectivity index (χ2n) is 3.92. The van der Waals surface area contributed by atoms with E-state index in [2.05, 4.69) is 29.5 Å². The zero-order valence-corrected chi connectivity index (χ0v) is 12.3. The van der Waals surface area contributed by atoms with Gasteiger partial charge in [-0.25, -0.2) is 0 Å². The molecule has 1 aliphatic heterocycles. The summed E-state index contributed by atoms with van der Waals surface area (Å²) in [6.07, 6.45) is 1.44. The van der Waals surface area contributed by atoms with Gasteiger partial charge in [0, 0.05) is 33.0 Å². The summed E-state index contributed by atoms with van der Waals surface area (Å²) in [6.45, 7) is 12.0. The Morgan fingerprint density at radius 3 is 1.94 bits per heavy atom. The van der Waals surface area contributed by atoms with Crippen LogP contribution in [0.15, 0.2) is 4.99 Å². The smallest absolute Gasteiger partial charge is 0.191 e. The minimum Gasteiger partial charge on any atom is -0.355 e. The number of carbonyl (C=O) groups excluding carboxylic acids is 1. The molecule has 1 aliphatic rings. The van der Waals surface area contributed by atoms with Crippen LogP contribution in [0.3, 0.4) is 0 Å². The maximum absolute atomic E-state index is 10.6. The van der Waals surface area contributed by atoms with E-state index in [0.717, 1.165) is 25.5 Å². The van der Waals surface area contributed by atoms with Gasteiger partial charge in [0.1, 0.15) is 5.78 Å². The topological polar surface area (TPSA) is 53.5 Å². The minimum absolute atomic E-state index is 0.375. The summed E-state index contributed by atoms with van der Waals surface area (Å²) < 4.78 is 0. The highest BCUT2D eigenvalue weighted by molar-refractivity contribution is 5.81. The molecule has 1 heterocycles. The molecule has 0 saturated carbocycles. The van der Waals surface area contributed by atoms with Crippen LogP contribution >= 0.6 is 0 Å². The molecule has 0 amide bonds. The number of rotatable bonds is 3. The van der Waals surface area contributed by atoms with Crippen LogP contribution in [0.2, 0.25) is 0 Å². The van der Waals surface area contributed by atoms with E-state index in [4.69, 9.17) is 0 Å². The van der Waals surface area contributed by atoms with Crippen molar-refractivity contribution < 1.29 is 4.79 Å². The molecule has 0 atom stereocenters. The van der Waals surface area contributed by atoms with E-state index in [1.165, 1.54) is 0 Å². The predicted molar refractivity (Wildman–Crippen MR) is 75.5 cm³/mol. The lowest BCUT2D eigenvalue weighted by Crippen LogP contribution is -2.23. The Labute approximate surface area is 106 Å². The fourth-order valence-corrected chi connectivity index (χ4v) is 1.18. The number of hydrogen-bond donors (Lipinski definition) is 2. The van der Waals surface area contributed by atoms with E-state index in [0.29, 0.717) is 18.1 Å². The van der Waals surface area contributed by atoms with Gasteiger partial charge in [0.15, 0.2) is 5.96 Å². The third kappa shape index (κ3) is 12.9. The highest BCUT2D eigenvalue weighted by atomic mass is 16.1. The number of nitrogens with one attached hydrogen (secondary N) is 2. The summed E-state index contributed by atoms with van der Waals surface area (Å²) in [5.41, 5.74) is 0. The molecule has 0 aromatic heterocycles. The first kappa shape index (κ1) is 18.3. The molecule has 0 bridgehead atoms. The van der Waals surface area contributed by atoms with E-state index < -0.39 is 0 Å². The normalized spacial score (nSPS) is 12.5. The quantitative estimate of drug-likeness (QED) is 0.799. The van der Waals surface area contributed by atoms with Crippen LogP contribution in [0.4, 0.5) is 0 Å². The van der Waals surface area contributed by atoms with Gasteiger partial charge >= 0.3 is 0 Å². The number of hydrogen-bond acceptors (Lipinski definition) is 2. The van der Waals surface area contributed by atoms with Crippen LogP contribution in [-0.4, -0.2) is 31.9 Å². The van der Waals surface area contributed by atoms with Crippen molar-refractivity contribution in [1.29, 1.82) is 0 Å². The standard InChI is InChI=1S/C7H14O.C4H9N3.C2H6/c1-4-7(8)5-6(2)3;1-5-4-6-2-3-7-4;1-2/h6H,4-5H2,1-3H3;2-3H2,1H3,(H2,5,6,7);1-2H3. The van der Waals surface area contributed by atoms with Gasteiger partial charge in [0.25, 0.3) is 0 Å². The average molecular weight is 243 g/mol. The molecule has 0 unspecified atom stereocenters. The summed E-state index contributed by atoms with van der Waals surface area (Å²) >= 11 is 0. The second-order valence-corrected chi connectivity index (χ2v) is 3.92. The van der Waals surface area contributed by atoms with Crippen LogP contribution in [0, 0.1) is 5.92 Å². The maximum atomic E-state index is 10.6. The van der Waals surface area contributed by atoms with Gasteiger partial charge < -0.3 is 10.6 Å². The Bertz CT molecular complexity index is 205. The Balaban J connectivity index is 0. The molecule has 1 fully saturated rings. The molecule has 0 aromatic rings. The summed E-state index contributed by atoms with van der Waals surface area (Å²) in [5.74, 6) is 1.82. The van der Waals surface area contributed by atoms with E-state index >= 15 is 0 Å². The summed E-state index contributed by atoms with van der Waals surface area (Å²) in [5, 5.41) is 6.09. The number of ketones is 1. The van der Waals surface area contributed by atoms with Gasteiger partial charge in [0.05, 0.1) is 0 Å². The third-order valence-electron chi connectivity index (χ3n) is 1.96. The first-order chi connectivity index (χ1) is 8.10. The molecular weight excluding hydrogens is 214 g/mol. The van der Waals surface area contributed by atoms with Gasteiger partial charge in [-0.15, -0.1) is 0 Å². The van der Waals surface area contributed by atoms with Crippen molar-refractivity contribution in [1.82, 2.24) is 10.6 Å². The largest absolute Gasteiger partial charge is 0.355 e. The Morgan fingerprint density at radius 1 is 1.29 bits per heavy atom. The molecule has 102 valence electrons.